The van der Waals surface area contributed by atoms with Crippen LogP contribution in [-0.4, -0.2) is 34.3 Å². The molecule has 0 radical (unpaired) electrons. The molecule has 6 heteroatoms. The standard InChI is InChI=1S/C13H12B2O4/c16-14(17)10-1-3-12-8(6-10)5-9-7-11(15(18)19)2-4-13(9)12/h1-4,6-7,16-19H,5H2. The lowest BCUT2D eigenvalue weighted by Gasteiger charge is -2.05. The van der Waals surface area contributed by atoms with Crippen molar-refractivity contribution in [1.82, 2.24) is 0 Å². The van der Waals surface area contributed by atoms with E-state index in [1.807, 2.05) is 12.1 Å². The molecule has 0 spiro atoms. The lowest BCUT2D eigenvalue weighted by molar-refractivity contribution is 0.424. The summed E-state index contributed by atoms with van der Waals surface area (Å²) < 4.78 is 0. The molecule has 1 aliphatic rings. The van der Waals surface area contributed by atoms with Crippen molar-refractivity contribution in [3.8, 4) is 11.1 Å². The molecule has 0 saturated carbocycles. The van der Waals surface area contributed by atoms with Gasteiger partial charge in [0.15, 0.2) is 0 Å². The first-order chi connectivity index (χ1) is 9.06. The molecule has 0 heterocycles. The molecule has 19 heavy (non-hydrogen) atoms. The third kappa shape index (κ3) is 2.09. The fraction of sp³-hybridized carbons (Fsp3) is 0.0769. The Hall–Kier alpha value is -1.59. The third-order valence-corrected chi connectivity index (χ3v) is 3.53. The smallest absolute Gasteiger partial charge is 0.423 e. The van der Waals surface area contributed by atoms with Gasteiger partial charge in [-0.1, -0.05) is 36.4 Å². The third-order valence-electron chi connectivity index (χ3n) is 3.53. The first-order valence-electron chi connectivity index (χ1n) is 6.04. The number of rotatable bonds is 2. The van der Waals surface area contributed by atoms with E-state index in [4.69, 9.17) is 0 Å². The van der Waals surface area contributed by atoms with Crippen molar-refractivity contribution in [1.29, 1.82) is 0 Å². The van der Waals surface area contributed by atoms with Crippen molar-refractivity contribution in [2.24, 2.45) is 0 Å². The van der Waals surface area contributed by atoms with Crippen molar-refractivity contribution < 1.29 is 20.1 Å². The summed E-state index contributed by atoms with van der Waals surface area (Å²) in [5.41, 5.74) is 5.08. The van der Waals surface area contributed by atoms with Gasteiger partial charge in [0.1, 0.15) is 0 Å². The maximum absolute atomic E-state index is 9.18. The molecule has 3 rings (SSSR count). The molecule has 0 aromatic heterocycles. The molecule has 0 atom stereocenters. The summed E-state index contributed by atoms with van der Waals surface area (Å²) >= 11 is 0. The molecule has 94 valence electrons. The van der Waals surface area contributed by atoms with E-state index in [2.05, 4.69) is 0 Å². The predicted octanol–water partition coefficient (Wildman–Crippen LogP) is -1.38. The normalized spacial score (nSPS) is 12.0. The second-order valence-electron chi connectivity index (χ2n) is 4.76. The Balaban J connectivity index is 2.05. The Morgan fingerprint density at radius 3 is 1.47 bits per heavy atom. The molecule has 0 fully saturated rings. The van der Waals surface area contributed by atoms with Crippen molar-refractivity contribution in [3.63, 3.8) is 0 Å². The van der Waals surface area contributed by atoms with E-state index in [0.29, 0.717) is 17.3 Å². The van der Waals surface area contributed by atoms with Gasteiger partial charge in [0.05, 0.1) is 0 Å². The fourth-order valence-corrected chi connectivity index (χ4v) is 2.57. The van der Waals surface area contributed by atoms with Gasteiger partial charge in [-0.3, -0.25) is 0 Å². The van der Waals surface area contributed by atoms with Crippen LogP contribution in [0.2, 0.25) is 0 Å². The summed E-state index contributed by atoms with van der Waals surface area (Å²) in [6.07, 6.45) is 0.659. The van der Waals surface area contributed by atoms with Gasteiger partial charge in [-0.25, -0.2) is 0 Å². The molecule has 0 unspecified atom stereocenters. The van der Waals surface area contributed by atoms with E-state index in [1.165, 1.54) is 0 Å². The van der Waals surface area contributed by atoms with Gasteiger partial charge < -0.3 is 20.1 Å². The highest BCUT2D eigenvalue weighted by Crippen LogP contribution is 2.35. The van der Waals surface area contributed by atoms with Crippen LogP contribution in [0, 0.1) is 0 Å². The second-order valence-corrected chi connectivity index (χ2v) is 4.76. The predicted molar refractivity (Wildman–Crippen MR) is 74.3 cm³/mol. The van der Waals surface area contributed by atoms with E-state index < -0.39 is 14.2 Å². The van der Waals surface area contributed by atoms with E-state index >= 15 is 0 Å². The van der Waals surface area contributed by atoms with Gasteiger partial charge >= 0.3 is 14.2 Å². The minimum Gasteiger partial charge on any atom is -0.423 e. The van der Waals surface area contributed by atoms with Crippen LogP contribution >= 0.6 is 0 Å². The van der Waals surface area contributed by atoms with E-state index in [9.17, 15) is 20.1 Å². The molecule has 1 aliphatic carbocycles. The number of fused-ring (bicyclic) bond motifs is 3. The quantitative estimate of drug-likeness (QED) is 0.425. The SMILES string of the molecule is OB(O)c1ccc2c(c1)Cc1cc(B(O)O)ccc1-2. The van der Waals surface area contributed by atoms with Crippen LogP contribution in [0.5, 0.6) is 0 Å². The zero-order valence-corrected chi connectivity index (χ0v) is 10.1. The zero-order chi connectivity index (χ0) is 13.6. The van der Waals surface area contributed by atoms with Crippen LogP contribution in [0.3, 0.4) is 0 Å². The van der Waals surface area contributed by atoms with E-state index in [0.717, 1.165) is 22.3 Å². The highest BCUT2D eigenvalue weighted by atomic mass is 16.4. The Kier molecular flexibility index (Phi) is 2.95. The van der Waals surface area contributed by atoms with Crippen molar-refractivity contribution in [2.45, 2.75) is 6.42 Å². The molecule has 2 aromatic rings. The Labute approximate surface area is 111 Å². The monoisotopic (exact) mass is 254 g/mol. The topological polar surface area (TPSA) is 80.9 Å². The van der Waals surface area contributed by atoms with Crippen LogP contribution in [0.25, 0.3) is 11.1 Å². The summed E-state index contributed by atoms with van der Waals surface area (Å²) in [5, 5.41) is 36.7. The first-order valence-corrected chi connectivity index (χ1v) is 6.04. The van der Waals surface area contributed by atoms with Gasteiger partial charge in [-0.2, -0.15) is 0 Å². The van der Waals surface area contributed by atoms with Gasteiger partial charge in [0, 0.05) is 0 Å². The van der Waals surface area contributed by atoms with Crippen LogP contribution < -0.4 is 10.9 Å². The maximum atomic E-state index is 9.18. The van der Waals surface area contributed by atoms with E-state index in [-0.39, 0.29) is 0 Å². The summed E-state index contributed by atoms with van der Waals surface area (Å²) in [7, 11) is -2.94. The van der Waals surface area contributed by atoms with E-state index in [1.54, 1.807) is 24.3 Å². The molecule has 2 aromatic carbocycles. The number of hydrogen-bond acceptors (Lipinski definition) is 4. The van der Waals surface area contributed by atoms with Gasteiger partial charge in [-0.15, -0.1) is 0 Å². The molecule has 4 N–H and O–H groups in total. The van der Waals surface area contributed by atoms with Gasteiger partial charge in [0.25, 0.3) is 0 Å². The zero-order valence-electron chi connectivity index (χ0n) is 10.1. The van der Waals surface area contributed by atoms with Gasteiger partial charge in [-0.05, 0) is 39.6 Å². The van der Waals surface area contributed by atoms with Crippen molar-refractivity contribution >= 4 is 25.2 Å². The summed E-state index contributed by atoms with van der Waals surface area (Å²) in [6.45, 7) is 0. The summed E-state index contributed by atoms with van der Waals surface area (Å²) in [6, 6.07) is 10.7. The average molecular weight is 254 g/mol. The second kappa shape index (κ2) is 4.51. The molecule has 0 bridgehead atoms. The highest BCUT2D eigenvalue weighted by molar-refractivity contribution is 6.59. The molecular formula is C13H12B2O4. The minimum absolute atomic E-state index is 0.467. The number of hydrogen-bond donors (Lipinski definition) is 4. The average Bonchev–Trinajstić information content (AvgIpc) is 2.74. The van der Waals surface area contributed by atoms with Crippen molar-refractivity contribution in [2.75, 3.05) is 0 Å². The minimum atomic E-state index is -1.47. The molecule has 0 aliphatic heterocycles. The molecular weight excluding hydrogens is 242 g/mol. The lowest BCUT2D eigenvalue weighted by Crippen LogP contribution is -2.29. The van der Waals surface area contributed by atoms with Gasteiger partial charge in [0.2, 0.25) is 0 Å². The summed E-state index contributed by atoms with van der Waals surface area (Å²) in [4.78, 5) is 0. The molecule has 0 saturated heterocycles. The highest BCUT2D eigenvalue weighted by Gasteiger charge is 2.22. The maximum Gasteiger partial charge on any atom is 0.488 e. The van der Waals surface area contributed by atoms with Crippen LogP contribution in [0.15, 0.2) is 36.4 Å². The fourth-order valence-electron chi connectivity index (χ4n) is 2.57. The Morgan fingerprint density at radius 1 is 0.684 bits per heavy atom. The lowest BCUT2D eigenvalue weighted by atomic mass is 9.78. The first kappa shape index (κ1) is 12.4. The largest absolute Gasteiger partial charge is 0.488 e. The Morgan fingerprint density at radius 2 is 1.11 bits per heavy atom. The van der Waals surface area contributed by atoms with Crippen LogP contribution in [0.1, 0.15) is 11.1 Å². The Bertz CT molecular complexity index is 585. The van der Waals surface area contributed by atoms with Crippen molar-refractivity contribution in [3.05, 3.63) is 47.5 Å². The molecule has 4 nitrogen and oxygen atoms in total. The molecule has 0 amide bonds. The van der Waals surface area contributed by atoms with Crippen LogP contribution in [-0.2, 0) is 6.42 Å². The van der Waals surface area contributed by atoms with Crippen LogP contribution in [0.4, 0.5) is 0 Å². The summed E-state index contributed by atoms with van der Waals surface area (Å²) in [5.74, 6) is 0. The number of benzene rings is 2.